The molecule has 5 heteroatoms. The SMILES string of the molecule is Cc1ccc(N2CC3(CCCNC3)OC2=O)c(Br)c1. The molecule has 1 unspecified atom stereocenters. The summed E-state index contributed by atoms with van der Waals surface area (Å²) in [7, 11) is 0. The summed E-state index contributed by atoms with van der Waals surface area (Å²) in [6, 6.07) is 6.00. The van der Waals surface area contributed by atoms with Crippen molar-refractivity contribution in [1.29, 1.82) is 0 Å². The lowest BCUT2D eigenvalue weighted by atomic mass is 9.94. The van der Waals surface area contributed by atoms with Crippen LogP contribution in [0.4, 0.5) is 10.5 Å². The predicted octanol–water partition coefficient (Wildman–Crippen LogP) is 2.84. The van der Waals surface area contributed by atoms with E-state index >= 15 is 0 Å². The van der Waals surface area contributed by atoms with Gasteiger partial charge in [0.1, 0.15) is 5.60 Å². The van der Waals surface area contributed by atoms with Crippen molar-refractivity contribution >= 4 is 27.7 Å². The van der Waals surface area contributed by atoms with Gasteiger partial charge in [-0.2, -0.15) is 0 Å². The molecule has 2 fully saturated rings. The van der Waals surface area contributed by atoms with E-state index in [2.05, 4.69) is 21.2 Å². The van der Waals surface area contributed by atoms with Crippen LogP contribution >= 0.6 is 15.9 Å². The number of carbonyl (C=O) groups excluding carboxylic acids is 1. The predicted molar refractivity (Wildman–Crippen MR) is 77.5 cm³/mol. The molecule has 2 aliphatic heterocycles. The first-order valence-electron chi connectivity index (χ1n) is 6.57. The minimum absolute atomic E-state index is 0.242. The van der Waals surface area contributed by atoms with E-state index in [1.54, 1.807) is 4.90 Å². The maximum Gasteiger partial charge on any atom is 0.415 e. The van der Waals surface area contributed by atoms with Crippen molar-refractivity contribution in [2.24, 2.45) is 0 Å². The summed E-state index contributed by atoms with van der Waals surface area (Å²) < 4.78 is 6.58. The number of nitrogens with zero attached hydrogens (tertiary/aromatic N) is 1. The van der Waals surface area contributed by atoms with E-state index < -0.39 is 0 Å². The highest BCUT2D eigenvalue weighted by Crippen LogP contribution is 2.36. The Morgan fingerprint density at radius 2 is 2.32 bits per heavy atom. The number of halogens is 1. The first-order chi connectivity index (χ1) is 9.10. The molecule has 102 valence electrons. The van der Waals surface area contributed by atoms with Crippen molar-refractivity contribution in [1.82, 2.24) is 5.32 Å². The standard InChI is InChI=1S/C14H17BrN2O2/c1-10-3-4-12(11(15)7-10)17-9-14(19-13(17)18)5-2-6-16-8-14/h3-4,7,16H,2,5-6,8-9H2,1H3. The second kappa shape index (κ2) is 4.80. The van der Waals surface area contributed by atoms with Gasteiger partial charge in [-0.05, 0) is 59.9 Å². The number of ether oxygens (including phenoxy) is 1. The van der Waals surface area contributed by atoms with Gasteiger partial charge in [0.05, 0.1) is 12.2 Å². The molecule has 2 heterocycles. The van der Waals surface area contributed by atoms with Crippen molar-refractivity contribution in [3.8, 4) is 0 Å². The monoisotopic (exact) mass is 324 g/mol. The lowest BCUT2D eigenvalue weighted by Crippen LogP contribution is -2.48. The van der Waals surface area contributed by atoms with E-state index in [1.807, 2.05) is 25.1 Å². The van der Waals surface area contributed by atoms with Crippen LogP contribution in [0.15, 0.2) is 22.7 Å². The van der Waals surface area contributed by atoms with Gasteiger partial charge in [-0.25, -0.2) is 4.79 Å². The van der Waals surface area contributed by atoms with Crippen molar-refractivity contribution in [3.63, 3.8) is 0 Å². The molecular weight excluding hydrogens is 308 g/mol. The second-order valence-electron chi connectivity index (χ2n) is 5.37. The number of hydrogen-bond donors (Lipinski definition) is 1. The number of carbonyl (C=O) groups is 1. The molecule has 19 heavy (non-hydrogen) atoms. The Morgan fingerprint density at radius 1 is 1.47 bits per heavy atom. The second-order valence-corrected chi connectivity index (χ2v) is 6.23. The molecule has 0 bridgehead atoms. The van der Waals surface area contributed by atoms with Gasteiger partial charge in [0.2, 0.25) is 0 Å². The molecule has 0 aliphatic carbocycles. The van der Waals surface area contributed by atoms with Gasteiger partial charge in [0.25, 0.3) is 0 Å². The summed E-state index contributed by atoms with van der Waals surface area (Å²) in [6.07, 6.45) is 1.75. The maximum absolute atomic E-state index is 12.1. The van der Waals surface area contributed by atoms with Crippen LogP contribution in [-0.4, -0.2) is 31.3 Å². The smallest absolute Gasteiger partial charge is 0.415 e. The van der Waals surface area contributed by atoms with Gasteiger partial charge < -0.3 is 10.1 Å². The summed E-state index contributed by atoms with van der Waals surface area (Å²) in [6.45, 7) is 4.41. The number of amides is 1. The molecule has 2 saturated heterocycles. The fourth-order valence-corrected chi connectivity index (χ4v) is 3.51. The molecule has 4 nitrogen and oxygen atoms in total. The summed E-state index contributed by atoms with van der Waals surface area (Å²) in [5, 5.41) is 3.32. The minimum Gasteiger partial charge on any atom is -0.439 e. The van der Waals surface area contributed by atoms with Crippen LogP contribution < -0.4 is 10.2 Å². The average Bonchev–Trinajstić information content (AvgIpc) is 2.67. The zero-order valence-electron chi connectivity index (χ0n) is 10.9. The molecule has 2 aliphatic rings. The van der Waals surface area contributed by atoms with Gasteiger partial charge in [0.15, 0.2) is 0 Å². The molecule has 1 spiro atoms. The van der Waals surface area contributed by atoms with Crippen LogP contribution in [0.25, 0.3) is 0 Å². The van der Waals surface area contributed by atoms with Crippen molar-refractivity contribution < 1.29 is 9.53 Å². The summed E-state index contributed by atoms with van der Waals surface area (Å²) >= 11 is 3.53. The molecule has 0 saturated carbocycles. The third-order valence-electron chi connectivity index (χ3n) is 3.80. The Morgan fingerprint density at radius 3 is 3.00 bits per heavy atom. The molecule has 3 rings (SSSR count). The molecule has 1 N–H and O–H groups in total. The van der Waals surface area contributed by atoms with E-state index in [-0.39, 0.29) is 11.7 Å². The number of rotatable bonds is 1. The van der Waals surface area contributed by atoms with E-state index in [4.69, 9.17) is 4.74 Å². The maximum atomic E-state index is 12.1. The third kappa shape index (κ3) is 2.37. The van der Waals surface area contributed by atoms with Gasteiger partial charge >= 0.3 is 6.09 Å². The lowest BCUT2D eigenvalue weighted by molar-refractivity contribution is 0.0366. The van der Waals surface area contributed by atoms with E-state index in [1.165, 1.54) is 0 Å². The number of nitrogens with one attached hydrogen (secondary N) is 1. The van der Waals surface area contributed by atoms with Crippen LogP contribution in [0.1, 0.15) is 18.4 Å². The number of piperidine rings is 1. The first kappa shape index (κ1) is 12.9. The number of aryl methyl sites for hydroxylation is 1. The van der Waals surface area contributed by atoms with Crippen LogP contribution in [0.5, 0.6) is 0 Å². The Hall–Kier alpha value is -1.07. The lowest BCUT2D eigenvalue weighted by Gasteiger charge is -2.31. The van der Waals surface area contributed by atoms with Crippen LogP contribution in [0, 0.1) is 6.92 Å². The fourth-order valence-electron chi connectivity index (χ4n) is 2.80. The van der Waals surface area contributed by atoms with Gasteiger partial charge in [-0.15, -0.1) is 0 Å². The molecule has 1 aromatic rings. The van der Waals surface area contributed by atoms with Crippen LogP contribution in [-0.2, 0) is 4.74 Å². The fraction of sp³-hybridized carbons (Fsp3) is 0.500. The zero-order chi connectivity index (χ0) is 13.5. The number of benzene rings is 1. The quantitative estimate of drug-likeness (QED) is 0.863. The van der Waals surface area contributed by atoms with Crippen molar-refractivity contribution in [3.05, 3.63) is 28.2 Å². The zero-order valence-corrected chi connectivity index (χ0v) is 12.5. The van der Waals surface area contributed by atoms with Crippen LogP contribution in [0.3, 0.4) is 0 Å². The molecule has 1 aromatic carbocycles. The van der Waals surface area contributed by atoms with Gasteiger partial charge in [-0.1, -0.05) is 6.07 Å². The first-order valence-corrected chi connectivity index (χ1v) is 7.36. The number of anilines is 1. The summed E-state index contributed by atoms with van der Waals surface area (Å²) in [4.78, 5) is 13.9. The average molecular weight is 325 g/mol. The molecule has 0 radical (unpaired) electrons. The van der Waals surface area contributed by atoms with E-state index in [0.717, 1.165) is 41.7 Å². The van der Waals surface area contributed by atoms with Crippen molar-refractivity contribution in [2.45, 2.75) is 25.4 Å². The molecule has 1 atom stereocenters. The Bertz CT molecular complexity index is 512. The summed E-state index contributed by atoms with van der Waals surface area (Å²) in [5.41, 5.74) is 1.70. The molecular formula is C14H17BrN2O2. The third-order valence-corrected chi connectivity index (χ3v) is 4.43. The Labute approximate surface area is 121 Å². The van der Waals surface area contributed by atoms with Crippen molar-refractivity contribution in [2.75, 3.05) is 24.5 Å². The van der Waals surface area contributed by atoms with E-state index in [9.17, 15) is 4.79 Å². The number of hydrogen-bond acceptors (Lipinski definition) is 3. The normalized spacial score (nSPS) is 26.8. The minimum atomic E-state index is -0.348. The Kier molecular flexibility index (Phi) is 3.27. The molecule has 0 aromatic heterocycles. The van der Waals surface area contributed by atoms with Crippen LogP contribution in [0.2, 0.25) is 0 Å². The summed E-state index contributed by atoms with van der Waals surface area (Å²) in [5.74, 6) is 0. The van der Waals surface area contributed by atoms with Gasteiger partial charge in [0, 0.05) is 11.0 Å². The Balaban J connectivity index is 1.87. The van der Waals surface area contributed by atoms with Gasteiger partial charge in [-0.3, -0.25) is 4.90 Å². The highest BCUT2D eigenvalue weighted by Gasteiger charge is 2.46. The highest BCUT2D eigenvalue weighted by atomic mass is 79.9. The van der Waals surface area contributed by atoms with E-state index in [0.29, 0.717) is 6.54 Å². The topological polar surface area (TPSA) is 41.6 Å². The molecule has 1 amide bonds. The largest absolute Gasteiger partial charge is 0.439 e. The highest BCUT2D eigenvalue weighted by molar-refractivity contribution is 9.10.